The predicted molar refractivity (Wildman–Crippen MR) is 108 cm³/mol. The molecule has 0 bridgehead atoms. The molecule has 6 heteroatoms. The Morgan fingerprint density at radius 3 is 2.77 bits per heavy atom. The first-order valence-corrected chi connectivity index (χ1v) is 10.5. The van der Waals surface area contributed by atoms with Crippen LogP contribution < -0.4 is 10.6 Å². The maximum atomic E-state index is 12.1. The highest BCUT2D eigenvalue weighted by Gasteiger charge is 2.17. The van der Waals surface area contributed by atoms with Gasteiger partial charge >= 0.3 is 0 Å². The minimum atomic E-state index is 0.104. The van der Waals surface area contributed by atoms with Crippen LogP contribution in [0.25, 0.3) is 5.69 Å². The van der Waals surface area contributed by atoms with Crippen molar-refractivity contribution < 1.29 is 4.79 Å². The highest BCUT2D eigenvalue weighted by molar-refractivity contribution is 7.99. The molecule has 1 saturated carbocycles. The van der Waals surface area contributed by atoms with Crippen LogP contribution in [-0.2, 0) is 4.79 Å². The lowest BCUT2D eigenvalue weighted by atomic mass is 10.2. The smallest absolute Gasteiger partial charge is 0.230 e. The number of carbonyl (C=O) groups excluding carboxylic acids is 1. The van der Waals surface area contributed by atoms with Crippen molar-refractivity contribution in [2.75, 3.05) is 17.6 Å². The van der Waals surface area contributed by atoms with Gasteiger partial charge in [0.05, 0.1) is 5.75 Å². The van der Waals surface area contributed by atoms with Crippen molar-refractivity contribution in [3.63, 3.8) is 0 Å². The predicted octanol–water partition coefficient (Wildman–Crippen LogP) is 4.24. The van der Waals surface area contributed by atoms with Gasteiger partial charge < -0.3 is 10.6 Å². The lowest BCUT2D eigenvalue weighted by Crippen LogP contribution is -2.33. The topological polar surface area (TPSA) is 59.0 Å². The molecule has 26 heavy (non-hydrogen) atoms. The van der Waals surface area contributed by atoms with E-state index in [2.05, 4.69) is 46.8 Å². The number of nitrogens with one attached hydrogen (secondary N) is 2. The van der Waals surface area contributed by atoms with Gasteiger partial charge in [-0.3, -0.25) is 9.36 Å². The first-order chi connectivity index (χ1) is 12.8. The quantitative estimate of drug-likeness (QED) is 0.511. The largest absolute Gasteiger partial charge is 0.385 e. The van der Waals surface area contributed by atoms with Crippen LogP contribution in [0, 0.1) is 0 Å². The Balaban J connectivity index is 1.54. The number of amides is 1. The Morgan fingerprint density at radius 2 is 2.04 bits per heavy atom. The van der Waals surface area contributed by atoms with Gasteiger partial charge in [0.15, 0.2) is 5.16 Å². The zero-order valence-electron chi connectivity index (χ0n) is 15.4. The van der Waals surface area contributed by atoms with E-state index >= 15 is 0 Å². The Bertz CT molecular complexity index is 692. The number of carbonyl (C=O) groups is 1. The molecule has 0 aliphatic heterocycles. The first kappa shape index (κ1) is 18.8. The third kappa shape index (κ3) is 5.27. The summed E-state index contributed by atoms with van der Waals surface area (Å²) < 4.78 is 2.03. The van der Waals surface area contributed by atoms with Gasteiger partial charge in [0.25, 0.3) is 0 Å². The fourth-order valence-electron chi connectivity index (χ4n) is 3.21. The van der Waals surface area contributed by atoms with Crippen LogP contribution in [0.4, 0.5) is 5.69 Å². The molecule has 1 aromatic carbocycles. The number of hydrogen-bond donors (Lipinski definition) is 2. The van der Waals surface area contributed by atoms with Crippen molar-refractivity contribution in [2.24, 2.45) is 0 Å². The number of unbranched alkanes of at least 4 members (excludes halogenated alkanes) is 1. The SMILES string of the molecule is CCCCNc1ccc(-n2ccnc2SCC(=O)NC2CCCC2)cc1. The Labute approximate surface area is 160 Å². The van der Waals surface area contributed by atoms with Crippen LogP contribution in [0.5, 0.6) is 0 Å². The summed E-state index contributed by atoms with van der Waals surface area (Å²) in [5.74, 6) is 0.511. The first-order valence-electron chi connectivity index (χ1n) is 9.56. The van der Waals surface area contributed by atoms with E-state index in [0.717, 1.165) is 35.9 Å². The molecule has 0 unspecified atom stereocenters. The van der Waals surface area contributed by atoms with Crippen molar-refractivity contribution in [1.82, 2.24) is 14.9 Å². The summed E-state index contributed by atoms with van der Waals surface area (Å²) in [5.41, 5.74) is 2.19. The van der Waals surface area contributed by atoms with E-state index in [1.165, 1.54) is 37.4 Å². The van der Waals surface area contributed by atoms with Gasteiger partial charge in [-0.2, -0.15) is 0 Å². The lowest BCUT2D eigenvalue weighted by molar-refractivity contribution is -0.119. The van der Waals surface area contributed by atoms with E-state index < -0.39 is 0 Å². The number of thioether (sulfide) groups is 1. The summed E-state index contributed by atoms with van der Waals surface area (Å²) in [6, 6.07) is 8.71. The van der Waals surface area contributed by atoms with Gasteiger partial charge in [-0.1, -0.05) is 37.9 Å². The molecule has 140 valence electrons. The number of anilines is 1. The molecule has 1 heterocycles. The van der Waals surface area contributed by atoms with Crippen LogP contribution in [0.3, 0.4) is 0 Å². The minimum absolute atomic E-state index is 0.104. The molecule has 2 N–H and O–H groups in total. The highest BCUT2D eigenvalue weighted by atomic mass is 32.2. The van der Waals surface area contributed by atoms with E-state index in [1.54, 1.807) is 6.20 Å². The summed E-state index contributed by atoms with van der Waals surface area (Å²) in [6.07, 6.45) is 10.8. The number of benzene rings is 1. The van der Waals surface area contributed by atoms with E-state index in [0.29, 0.717) is 11.8 Å². The molecule has 2 aromatic rings. The summed E-state index contributed by atoms with van der Waals surface area (Å²) in [6.45, 7) is 3.19. The third-order valence-corrected chi connectivity index (χ3v) is 5.63. The molecule has 5 nitrogen and oxygen atoms in total. The van der Waals surface area contributed by atoms with E-state index in [9.17, 15) is 4.79 Å². The van der Waals surface area contributed by atoms with E-state index in [-0.39, 0.29) is 5.91 Å². The summed E-state index contributed by atoms with van der Waals surface area (Å²) in [7, 11) is 0. The molecule has 0 radical (unpaired) electrons. The second-order valence-corrected chi connectivity index (χ2v) is 7.69. The molecule has 1 aliphatic carbocycles. The average molecular weight is 373 g/mol. The Kier molecular flexibility index (Phi) is 7.00. The van der Waals surface area contributed by atoms with Crippen LogP contribution in [0.15, 0.2) is 41.8 Å². The molecular weight excluding hydrogens is 344 g/mol. The minimum Gasteiger partial charge on any atom is -0.385 e. The molecular formula is C20H28N4OS. The molecule has 1 aliphatic rings. The van der Waals surface area contributed by atoms with Crippen molar-refractivity contribution in [3.8, 4) is 5.69 Å². The lowest BCUT2D eigenvalue weighted by Gasteiger charge is -2.12. The van der Waals surface area contributed by atoms with Gasteiger partial charge in [-0.15, -0.1) is 0 Å². The number of rotatable bonds is 9. The molecule has 0 saturated heterocycles. The Morgan fingerprint density at radius 1 is 1.27 bits per heavy atom. The standard InChI is InChI=1S/C20H28N4OS/c1-2-3-12-21-16-8-10-18(11-9-16)24-14-13-22-20(24)26-15-19(25)23-17-6-4-5-7-17/h8-11,13-14,17,21H,2-7,12,15H2,1H3,(H,23,25). The van der Waals surface area contributed by atoms with Crippen molar-refractivity contribution in [1.29, 1.82) is 0 Å². The van der Waals surface area contributed by atoms with Crippen molar-refractivity contribution >= 4 is 23.4 Å². The second-order valence-electron chi connectivity index (χ2n) is 6.74. The number of aromatic nitrogens is 2. The van der Waals surface area contributed by atoms with Gasteiger partial charge in [0.2, 0.25) is 5.91 Å². The maximum absolute atomic E-state index is 12.1. The maximum Gasteiger partial charge on any atom is 0.230 e. The molecule has 1 aromatic heterocycles. The Hall–Kier alpha value is -1.95. The van der Waals surface area contributed by atoms with Crippen LogP contribution in [0.2, 0.25) is 0 Å². The van der Waals surface area contributed by atoms with Gasteiger partial charge in [-0.05, 0) is 43.5 Å². The molecule has 0 spiro atoms. The third-order valence-electron chi connectivity index (χ3n) is 4.66. The molecule has 0 atom stereocenters. The van der Waals surface area contributed by atoms with Crippen LogP contribution in [-0.4, -0.2) is 33.8 Å². The molecule has 3 rings (SSSR count). The van der Waals surface area contributed by atoms with Gasteiger partial charge in [-0.25, -0.2) is 4.98 Å². The summed E-state index contributed by atoms with van der Waals surface area (Å²) in [5, 5.41) is 7.40. The second kappa shape index (κ2) is 9.67. The molecule has 1 amide bonds. The number of hydrogen-bond acceptors (Lipinski definition) is 4. The van der Waals surface area contributed by atoms with Crippen LogP contribution >= 0.6 is 11.8 Å². The zero-order valence-corrected chi connectivity index (χ0v) is 16.2. The summed E-state index contributed by atoms with van der Waals surface area (Å²) in [4.78, 5) is 16.5. The monoisotopic (exact) mass is 372 g/mol. The van der Waals surface area contributed by atoms with Crippen molar-refractivity contribution in [2.45, 2.75) is 56.6 Å². The van der Waals surface area contributed by atoms with E-state index in [4.69, 9.17) is 0 Å². The fourth-order valence-corrected chi connectivity index (χ4v) is 4.00. The van der Waals surface area contributed by atoms with Gasteiger partial charge in [0.1, 0.15) is 0 Å². The zero-order chi connectivity index (χ0) is 18.2. The summed E-state index contributed by atoms with van der Waals surface area (Å²) >= 11 is 1.49. The normalized spacial score (nSPS) is 14.5. The van der Waals surface area contributed by atoms with Gasteiger partial charge in [0, 0.05) is 36.4 Å². The fraction of sp³-hybridized carbons (Fsp3) is 0.500. The molecule has 1 fully saturated rings. The average Bonchev–Trinajstić information content (AvgIpc) is 3.32. The van der Waals surface area contributed by atoms with Crippen molar-refractivity contribution in [3.05, 3.63) is 36.7 Å². The number of imidazole rings is 1. The van der Waals surface area contributed by atoms with E-state index in [1.807, 2.05) is 10.8 Å². The highest BCUT2D eigenvalue weighted by Crippen LogP contribution is 2.22. The number of nitrogens with zero attached hydrogens (tertiary/aromatic N) is 2. The van der Waals surface area contributed by atoms with Crippen LogP contribution in [0.1, 0.15) is 45.4 Å².